The Morgan fingerprint density at radius 1 is 1.35 bits per heavy atom. The number of benzene rings is 1. The summed E-state index contributed by atoms with van der Waals surface area (Å²) in [5.41, 5.74) is 1.20. The quantitative estimate of drug-likeness (QED) is 0.787. The molecule has 0 saturated carbocycles. The summed E-state index contributed by atoms with van der Waals surface area (Å²) < 4.78 is 5.24. The van der Waals surface area contributed by atoms with E-state index < -0.39 is 0 Å². The highest BCUT2D eigenvalue weighted by atomic mass is 16.5. The number of hydrogen-bond donors (Lipinski definition) is 1. The van der Waals surface area contributed by atoms with Gasteiger partial charge in [0, 0.05) is 31.4 Å². The molecule has 1 aromatic carbocycles. The van der Waals surface area contributed by atoms with Crippen LogP contribution in [0.5, 0.6) is 5.75 Å². The molecule has 3 heteroatoms. The molecular formula is C14H24N2O. The fourth-order valence-corrected chi connectivity index (χ4v) is 1.91. The van der Waals surface area contributed by atoms with Gasteiger partial charge in [-0.2, -0.15) is 0 Å². The summed E-state index contributed by atoms with van der Waals surface area (Å²) in [4.78, 5) is 2.26. The summed E-state index contributed by atoms with van der Waals surface area (Å²) in [6, 6.07) is 8.72. The van der Waals surface area contributed by atoms with E-state index in [0.29, 0.717) is 6.04 Å². The third-order valence-corrected chi connectivity index (χ3v) is 2.97. The van der Waals surface area contributed by atoms with E-state index in [2.05, 4.69) is 43.2 Å². The topological polar surface area (TPSA) is 24.5 Å². The number of likely N-dealkylation sites (N-methyl/N-ethyl adjacent to an activating group) is 2. The normalized spacial score (nSPS) is 12.2. The van der Waals surface area contributed by atoms with Crippen LogP contribution in [0.1, 0.15) is 20.3 Å². The van der Waals surface area contributed by atoms with E-state index in [4.69, 9.17) is 4.74 Å². The van der Waals surface area contributed by atoms with E-state index in [1.54, 1.807) is 7.11 Å². The Morgan fingerprint density at radius 3 is 2.71 bits per heavy atom. The lowest BCUT2D eigenvalue weighted by Crippen LogP contribution is -2.39. The second-order valence-electron chi connectivity index (χ2n) is 4.24. The number of methoxy groups -OCH3 is 1. The summed E-state index contributed by atoms with van der Waals surface area (Å²) in [5, 5.41) is 3.49. The highest BCUT2D eigenvalue weighted by Crippen LogP contribution is 2.20. The molecule has 0 bridgehead atoms. The second-order valence-corrected chi connectivity index (χ2v) is 4.24. The Labute approximate surface area is 105 Å². The SMILES string of the molecule is CCNC(CC)CN(C)c1cccc(OC)c1. The van der Waals surface area contributed by atoms with Crippen LogP contribution < -0.4 is 15.0 Å². The molecule has 0 aromatic heterocycles. The van der Waals surface area contributed by atoms with Crippen molar-refractivity contribution in [3.05, 3.63) is 24.3 Å². The van der Waals surface area contributed by atoms with Gasteiger partial charge in [0.05, 0.1) is 7.11 Å². The van der Waals surface area contributed by atoms with Crippen LogP contribution in [-0.4, -0.2) is 33.3 Å². The van der Waals surface area contributed by atoms with E-state index in [0.717, 1.165) is 25.3 Å². The standard InChI is InChI=1S/C14H24N2O/c1-5-12(15-6-2)11-16(3)13-8-7-9-14(10-13)17-4/h7-10,12,15H,5-6,11H2,1-4H3. The summed E-state index contributed by atoms with van der Waals surface area (Å²) in [6.45, 7) is 6.39. The average molecular weight is 236 g/mol. The molecule has 1 N–H and O–H groups in total. The molecule has 0 aliphatic heterocycles. The van der Waals surface area contributed by atoms with Crippen LogP contribution >= 0.6 is 0 Å². The van der Waals surface area contributed by atoms with Gasteiger partial charge < -0.3 is 15.0 Å². The van der Waals surface area contributed by atoms with Crippen molar-refractivity contribution in [1.82, 2.24) is 5.32 Å². The number of rotatable bonds is 7. The van der Waals surface area contributed by atoms with Gasteiger partial charge in [-0.1, -0.05) is 19.9 Å². The van der Waals surface area contributed by atoms with Crippen LogP contribution in [0.3, 0.4) is 0 Å². The van der Waals surface area contributed by atoms with Crippen LogP contribution in [0.15, 0.2) is 24.3 Å². The van der Waals surface area contributed by atoms with E-state index >= 15 is 0 Å². The van der Waals surface area contributed by atoms with Gasteiger partial charge in [0.15, 0.2) is 0 Å². The molecule has 3 nitrogen and oxygen atoms in total. The minimum absolute atomic E-state index is 0.538. The third kappa shape index (κ3) is 4.27. The molecule has 1 unspecified atom stereocenters. The summed E-state index contributed by atoms with van der Waals surface area (Å²) in [6.07, 6.45) is 1.14. The lowest BCUT2D eigenvalue weighted by molar-refractivity contribution is 0.414. The molecule has 96 valence electrons. The number of hydrogen-bond acceptors (Lipinski definition) is 3. The monoisotopic (exact) mass is 236 g/mol. The van der Waals surface area contributed by atoms with Crippen molar-refractivity contribution in [2.45, 2.75) is 26.3 Å². The highest BCUT2D eigenvalue weighted by molar-refractivity contribution is 5.50. The van der Waals surface area contributed by atoms with E-state index in [-0.39, 0.29) is 0 Å². The van der Waals surface area contributed by atoms with Crippen molar-refractivity contribution >= 4 is 5.69 Å². The Balaban J connectivity index is 2.64. The molecule has 0 spiro atoms. The minimum atomic E-state index is 0.538. The molecule has 0 saturated heterocycles. The lowest BCUT2D eigenvalue weighted by atomic mass is 10.2. The first-order valence-electron chi connectivity index (χ1n) is 6.29. The van der Waals surface area contributed by atoms with Crippen LogP contribution in [-0.2, 0) is 0 Å². The van der Waals surface area contributed by atoms with Crippen LogP contribution in [0, 0.1) is 0 Å². The minimum Gasteiger partial charge on any atom is -0.497 e. The van der Waals surface area contributed by atoms with Gasteiger partial charge in [0.1, 0.15) is 5.75 Å². The summed E-state index contributed by atoms with van der Waals surface area (Å²) >= 11 is 0. The number of anilines is 1. The fraction of sp³-hybridized carbons (Fsp3) is 0.571. The number of nitrogens with zero attached hydrogens (tertiary/aromatic N) is 1. The molecule has 0 aliphatic carbocycles. The Hall–Kier alpha value is -1.22. The van der Waals surface area contributed by atoms with E-state index in [1.807, 2.05) is 12.1 Å². The van der Waals surface area contributed by atoms with Crippen molar-refractivity contribution in [3.63, 3.8) is 0 Å². The van der Waals surface area contributed by atoms with Gasteiger partial charge >= 0.3 is 0 Å². The molecule has 0 amide bonds. The van der Waals surface area contributed by atoms with Gasteiger partial charge in [0.25, 0.3) is 0 Å². The van der Waals surface area contributed by atoms with Crippen LogP contribution in [0.25, 0.3) is 0 Å². The maximum atomic E-state index is 5.24. The van der Waals surface area contributed by atoms with Crippen molar-refractivity contribution in [2.75, 3.05) is 32.1 Å². The van der Waals surface area contributed by atoms with Crippen molar-refractivity contribution in [1.29, 1.82) is 0 Å². The Bertz CT molecular complexity index is 328. The predicted octanol–water partition coefficient (Wildman–Crippen LogP) is 2.52. The van der Waals surface area contributed by atoms with Crippen molar-refractivity contribution in [3.8, 4) is 5.75 Å². The zero-order chi connectivity index (χ0) is 12.7. The number of nitrogens with one attached hydrogen (secondary N) is 1. The lowest BCUT2D eigenvalue weighted by Gasteiger charge is -2.25. The van der Waals surface area contributed by atoms with Crippen LogP contribution in [0.2, 0.25) is 0 Å². The van der Waals surface area contributed by atoms with Crippen molar-refractivity contribution < 1.29 is 4.74 Å². The molecule has 0 aliphatic rings. The first-order valence-corrected chi connectivity index (χ1v) is 6.29. The van der Waals surface area contributed by atoms with E-state index in [9.17, 15) is 0 Å². The first kappa shape index (κ1) is 13.8. The first-order chi connectivity index (χ1) is 8.21. The second kappa shape index (κ2) is 7.17. The Kier molecular flexibility index (Phi) is 5.84. The summed E-state index contributed by atoms with van der Waals surface area (Å²) in [7, 11) is 3.82. The molecule has 17 heavy (non-hydrogen) atoms. The van der Waals surface area contributed by atoms with Gasteiger partial charge in [0.2, 0.25) is 0 Å². The molecule has 1 atom stereocenters. The Morgan fingerprint density at radius 2 is 2.12 bits per heavy atom. The maximum absolute atomic E-state index is 5.24. The fourth-order valence-electron chi connectivity index (χ4n) is 1.91. The van der Waals surface area contributed by atoms with Gasteiger partial charge in [-0.3, -0.25) is 0 Å². The number of ether oxygens (including phenoxy) is 1. The van der Waals surface area contributed by atoms with Gasteiger partial charge in [-0.25, -0.2) is 0 Å². The molecule has 1 aromatic rings. The zero-order valence-corrected chi connectivity index (χ0v) is 11.4. The largest absolute Gasteiger partial charge is 0.497 e. The van der Waals surface area contributed by atoms with Crippen LogP contribution in [0.4, 0.5) is 5.69 Å². The molecule has 0 heterocycles. The van der Waals surface area contributed by atoms with Gasteiger partial charge in [-0.05, 0) is 25.1 Å². The molecule has 0 radical (unpaired) electrons. The molecule has 0 fully saturated rings. The van der Waals surface area contributed by atoms with Gasteiger partial charge in [-0.15, -0.1) is 0 Å². The smallest absolute Gasteiger partial charge is 0.120 e. The zero-order valence-electron chi connectivity index (χ0n) is 11.4. The summed E-state index contributed by atoms with van der Waals surface area (Å²) in [5.74, 6) is 0.908. The maximum Gasteiger partial charge on any atom is 0.120 e. The highest BCUT2D eigenvalue weighted by Gasteiger charge is 2.09. The van der Waals surface area contributed by atoms with Crippen molar-refractivity contribution in [2.24, 2.45) is 0 Å². The average Bonchev–Trinajstić information content (AvgIpc) is 2.38. The predicted molar refractivity (Wildman–Crippen MR) is 74.0 cm³/mol. The molecular weight excluding hydrogens is 212 g/mol. The third-order valence-electron chi connectivity index (χ3n) is 2.97. The van der Waals surface area contributed by atoms with E-state index in [1.165, 1.54) is 5.69 Å². The molecule has 1 rings (SSSR count).